The van der Waals surface area contributed by atoms with E-state index in [-0.39, 0.29) is 24.8 Å². The van der Waals surface area contributed by atoms with E-state index in [1.165, 1.54) is 6.20 Å². The van der Waals surface area contributed by atoms with Crippen LogP contribution in [-0.2, 0) is 4.79 Å². The van der Waals surface area contributed by atoms with Gasteiger partial charge in [-0.3, -0.25) is 14.6 Å². The molecular formula is C15H16N4O2. The van der Waals surface area contributed by atoms with Crippen molar-refractivity contribution in [3.63, 3.8) is 0 Å². The highest BCUT2D eigenvalue weighted by molar-refractivity contribution is 6.07. The van der Waals surface area contributed by atoms with Gasteiger partial charge in [0.1, 0.15) is 0 Å². The number of nitrogens with one attached hydrogen (secondary N) is 2. The quantitative estimate of drug-likeness (QED) is 0.777. The van der Waals surface area contributed by atoms with Gasteiger partial charge in [-0.25, -0.2) is 0 Å². The lowest BCUT2D eigenvalue weighted by Crippen LogP contribution is -2.18. The number of benzene rings is 1. The third kappa shape index (κ3) is 4.12. The van der Waals surface area contributed by atoms with E-state index in [1.807, 2.05) is 0 Å². The second-order valence-electron chi connectivity index (χ2n) is 4.33. The van der Waals surface area contributed by atoms with E-state index in [1.54, 1.807) is 42.6 Å². The monoisotopic (exact) mass is 284 g/mol. The molecule has 0 radical (unpaired) electrons. The van der Waals surface area contributed by atoms with Crippen LogP contribution in [0.1, 0.15) is 16.8 Å². The standard InChI is InChI=1S/C15H16N4O2/c16-8-7-14(20)18-12-5-1-2-6-13(12)19-15(21)11-4-3-9-17-10-11/h1-6,9-10H,7-8,16H2,(H,18,20)(H,19,21). The van der Waals surface area contributed by atoms with Crippen LogP contribution in [0.5, 0.6) is 0 Å². The Bertz CT molecular complexity index is 629. The molecule has 0 aliphatic carbocycles. The number of amides is 2. The number of hydrogen-bond donors (Lipinski definition) is 3. The summed E-state index contributed by atoms with van der Waals surface area (Å²) in [6.07, 6.45) is 3.30. The van der Waals surface area contributed by atoms with E-state index >= 15 is 0 Å². The van der Waals surface area contributed by atoms with Crippen molar-refractivity contribution in [2.75, 3.05) is 17.2 Å². The first-order chi connectivity index (χ1) is 10.2. The molecule has 0 atom stereocenters. The fourth-order valence-electron chi connectivity index (χ4n) is 1.74. The number of rotatable bonds is 5. The molecule has 0 bridgehead atoms. The van der Waals surface area contributed by atoms with Gasteiger partial charge in [-0.1, -0.05) is 12.1 Å². The van der Waals surface area contributed by atoms with Crippen LogP contribution in [0.2, 0.25) is 0 Å². The van der Waals surface area contributed by atoms with Gasteiger partial charge >= 0.3 is 0 Å². The molecule has 108 valence electrons. The molecule has 0 aliphatic rings. The molecule has 0 unspecified atom stereocenters. The van der Waals surface area contributed by atoms with E-state index in [4.69, 9.17) is 5.73 Å². The van der Waals surface area contributed by atoms with Gasteiger partial charge in [-0.15, -0.1) is 0 Å². The summed E-state index contributed by atoms with van der Waals surface area (Å²) in [5, 5.41) is 5.47. The first-order valence-corrected chi connectivity index (χ1v) is 6.51. The van der Waals surface area contributed by atoms with Crippen LogP contribution in [-0.4, -0.2) is 23.3 Å². The van der Waals surface area contributed by atoms with Crippen molar-refractivity contribution in [2.45, 2.75) is 6.42 Å². The van der Waals surface area contributed by atoms with Gasteiger partial charge in [0.05, 0.1) is 16.9 Å². The number of nitrogens with zero attached hydrogens (tertiary/aromatic N) is 1. The molecule has 6 heteroatoms. The molecule has 0 saturated carbocycles. The van der Waals surface area contributed by atoms with Gasteiger partial charge in [0.2, 0.25) is 5.91 Å². The Balaban J connectivity index is 2.13. The van der Waals surface area contributed by atoms with Gasteiger partial charge in [-0.2, -0.15) is 0 Å². The number of carbonyl (C=O) groups excluding carboxylic acids is 2. The maximum Gasteiger partial charge on any atom is 0.257 e. The third-order valence-electron chi connectivity index (χ3n) is 2.74. The van der Waals surface area contributed by atoms with E-state index in [2.05, 4.69) is 15.6 Å². The number of hydrogen-bond acceptors (Lipinski definition) is 4. The summed E-state index contributed by atoms with van der Waals surface area (Å²) in [5.41, 5.74) is 6.85. The van der Waals surface area contributed by atoms with E-state index in [0.717, 1.165) is 0 Å². The van der Waals surface area contributed by atoms with Gasteiger partial charge in [0.25, 0.3) is 5.91 Å². The van der Waals surface area contributed by atoms with Gasteiger partial charge in [0.15, 0.2) is 0 Å². The predicted molar refractivity (Wildman–Crippen MR) is 80.9 cm³/mol. The molecule has 0 aliphatic heterocycles. The van der Waals surface area contributed by atoms with Crippen LogP contribution in [0.25, 0.3) is 0 Å². The van der Waals surface area contributed by atoms with Crippen LogP contribution in [0, 0.1) is 0 Å². The number of carbonyl (C=O) groups is 2. The van der Waals surface area contributed by atoms with Crippen LogP contribution in [0.3, 0.4) is 0 Å². The van der Waals surface area contributed by atoms with Crippen molar-refractivity contribution in [2.24, 2.45) is 5.73 Å². The number of para-hydroxylation sites is 2. The molecule has 1 heterocycles. The Morgan fingerprint density at radius 2 is 1.76 bits per heavy atom. The summed E-state index contributed by atoms with van der Waals surface area (Å²) in [5.74, 6) is -0.482. The number of aromatic nitrogens is 1. The summed E-state index contributed by atoms with van der Waals surface area (Å²) in [7, 11) is 0. The molecule has 0 fully saturated rings. The van der Waals surface area contributed by atoms with E-state index in [0.29, 0.717) is 16.9 Å². The van der Waals surface area contributed by atoms with Crippen LogP contribution in [0.15, 0.2) is 48.8 Å². The van der Waals surface area contributed by atoms with Gasteiger partial charge in [0, 0.05) is 25.4 Å². The maximum absolute atomic E-state index is 12.1. The SMILES string of the molecule is NCCC(=O)Nc1ccccc1NC(=O)c1cccnc1. The number of nitrogens with two attached hydrogens (primary N) is 1. The average Bonchev–Trinajstić information content (AvgIpc) is 2.50. The molecule has 2 aromatic rings. The minimum atomic E-state index is -0.288. The summed E-state index contributed by atoms with van der Waals surface area (Å²) in [6.45, 7) is 0.274. The first-order valence-electron chi connectivity index (χ1n) is 6.51. The van der Waals surface area contributed by atoms with E-state index in [9.17, 15) is 9.59 Å². The fraction of sp³-hybridized carbons (Fsp3) is 0.133. The zero-order chi connectivity index (χ0) is 15.1. The lowest BCUT2D eigenvalue weighted by atomic mass is 10.2. The number of anilines is 2. The second-order valence-corrected chi connectivity index (χ2v) is 4.33. The lowest BCUT2D eigenvalue weighted by Gasteiger charge is -2.12. The second kappa shape index (κ2) is 7.16. The summed E-state index contributed by atoms with van der Waals surface area (Å²) >= 11 is 0. The molecule has 1 aromatic carbocycles. The highest BCUT2D eigenvalue weighted by Gasteiger charge is 2.10. The van der Waals surface area contributed by atoms with Crippen molar-refractivity contribution in [1.29, 1.82) is 0 Å². The minimum absolute atomic E-state index is 0.194. The first kappa shape index (κ1) is 14.7. The minimum Gasteiger partial charge on any atom is -0.330 e. The van der Waals surface area contributed by atoms with Crippen molar-refractivity contribution in [3.8, 4) is 0 Å². The molecule has 2 rings (SSSR count). The molecule has 2 amide bonds. The Labute approximate surface area is 122 Å². The predicted octanol–water partition coefficient (Wildman–Crippen LogP) is 1.62. The summed E-state index contributed by atoms with van der Waals surface area (Å²) in [6, 6.07) is 10.3. The van der Waals surface area contributed by atoms with Crippen LogP contribution >= 0.6 is 0 Å². The van der Waals surface area contributed by atoms with Crippen LogP contribution in [0.4, 0.5) is 11.4 Å². The normalized spacial score (nSPS) is 9.95. The Kier molecular flexibility index (Phi) is 5.00. The third-order valence-corrected chi connectivity index (χ3v) is 2.74. The molecule has 6 nitrogen and oxygen atoms in total. The molecule has 4 N–H and O–H groups in total. The van der Waals surface area contributed by atoms with E-state index < -0.39 is 0 Å². The topological polar surface area (TPSA) is 97.1 Å². The summed E-state index contributed by atoms with van der Waals surface area (Å²) < 4.78 is 0. The Morgan fingerprint density at radius 1 is 1.05 bits per heavy atom. The number of pyridine rings is 1. The Hall–Kier alpha value is -2.73. The highest BCUT2D eigenvalue weighted by Crippen LogP contribution is 2.21. The molecule has 0 spiro atoms. The van der Waals surface area contributed by atoms with Crippen molar-refractivity contribution >= 4 is 23.2 Å². The van der Waals surface area contributed by atoms with Crippen molar-refractivity contribution in [3.05, 3.63) is 54.4 Å². The largest absolute Gasteiger partial charge is 0.330 e. The summed E-state index contributed by atoms with van der Waals surface area (Å²) in [4.78, 5) is 27.6. The molecule has 21 heavy (non-hydrogen) atoms. The molecule has 1 aromatic heterocycles. The highest BCUT2D eigenvalue weighted by atomic mass is 16.2. The van der Waals surface area contributed by atoms with Crippen LogP contribution < -0.4 is 16.4 Å². The zero-order valence-corrected chi connectivity index (χ0v) is 11.4. The molecule has 0 saturated heterocycles. The molecular weight excluding hydrogens is 268 g/mol. The zero-order valence-electron chi connectivity index (χ0n) is 11.4. The maximum atomic E-state index is 12.1. The smallest absolute Gasteiger partial charge is 0.257 e. The van der Waals surface area contributed by atoms with Crippen molar-refractivity contribution in [1.82, 2.24) is 4.98 Å². The fourth-order valence-corrected chi connectivity index (χ4v) is 1.74. The lowest BCUT2D eigenvalue weighted by molar-refractivity contribution is -0.116. The van der Waals surface area contributed by atoms with Gasteiger partial charge in [-0.05, 0) is 24.3 Å². The average molecular weight is 284 g/mol. The van der Waals surface area contributed by atoms with Crippen molar-refractivity contribution < 1.29 is 9.59 Å². The van der Waals surface area contributed by atoms with Gasteiger partial charge < -0.3 is 16.4 Å². The Morgan fingerprint density at radius 3 is 2.38 bits per heavy atom.